The zero-order chi connectivity index (χ0) is 9.84. The van der Waals surface area contributed by atoms with E-state index in [1.54, 1.807) is 30.3 Å². The number of nitrogens with two attached hydrogens (primary N) is 2. The van der Waals surface area contributed by atoms with E-state index in [2.05, 4.69) is 6.58 Å². The molecule has 0 saturated carbocycles. The van der Waals surface area contributed by atoms with Crippen LogP contribution < -0.4 is 11.5 Å². The molecule has 13 heavy (non-hydrogen) atoms. The standard InChI is InChI=1S/C10H12N2O/c1-2-9(11)7-3-5-8(6-4-7)10(12)13/h2-6,9H,1,11H2,(H2,12,13)/t9-/m1/s1. The molecule has 0 saturated heterocycles. The maximum absolute atomic E-state index is 10.7. The van der Waals surface area contributed by atoms with E-state index < -0.39 is 5.91 Å². The Morgan fingerprint density at radius 3 is 2.31 bits per heavy atom. The van der Waals surface area contributed by atoms with Crippen LogP contribution in [0.2, 0.25) is 0 Å². The topological polar surface area (TPSA) is 69.1 Å². The minimum absolute atomic E-state index is 0.193. The molecular formula is C10H12N2O. The molecule has 0 bridgehead atoms. The van der Waals surface area contributed by atoms with Crippen LogP contribution in [0, 0.1) is 0 Å². The molecule has 0 aliphatic carbocycles. The van der Waals surface area contributed by atoms with Gasteiger partial charge < -0.3 is 11.5 Å². The number of benzene rings is 1. The number of rotatable bonds is 3. The van der Waals surface area contributed by atoms with Crippen molar-refractivity contribution in [3.05, 3.63) is 48.0 Å². The highest BCUT2D eigenvalue weighted by Crippen LogP contribution is 2.11. The van der Waals surface area contributed by atoms with Crippen molar-refractivity contribution >= 4 is 5.91 Å². The monoisotopic (exact) mass is 176 g/mol. The van der Waals surface area contributed by atoms with Crippen molar-refractivity contribution in [3.63, 3.8) is 0 Å². The van der Waals surface area contributed by atoms with Gasteiger partial charge in [0.15, 0.2) is 0 Å². The first-order chi connectivity index (χ1) is 6.15. The predicted octanol–water partition coefficient (Wildman–Crippen LogP) is 0.971. The summed E-state index contributed by atoms with van der Waals surface area (Å²) in [6, 6.07) is 6.66. The molecule has 3 nitrogen and oxygen atoms in total. The smallest absolute Gasteiger partial charge is 0.248 e. The second-order valence-corrected chi connectivity index (χ2v) is 2.75. The van der Waals surface area contributed by atoms with Gasteiger partial charge in [0.25, 0.3) is 0 Å². The lowest BCUT2D eigenvalue weighted by atomic mass is 10.1. The summed E-state index contributed by atoms with van der Waals surface area (Å²) in [5, 5.41) is 0. The molecule has 1 atom stereocenters. The Labute approximate surface area is 77.0 Å². The van der Waals surface area contributed by atoms with Crippen LogP contribution in [0.15, 0.2) is 36.9 Å². The van der Waals surface area contributed by atoms with Gasteiger partial charge in [-0.25, -0.2) is 0 Å². The average Bonchev–Trinajstić information content (AvgIpc) is 2.17. The van der Waals surface area contributed by atoms with Crippen LogP contribution in [0.4, 0.5) is 0 Å². The highest BCUT2D eigenvalue weighted by Gasteiger charge is 2.02. The Balaban J connectivity index is 2.93. The molecule has 0 fully saturated rings. The van der Waals surface area contributed by atoms with Crippen molar-refractivity contribution in [2.24, 2.45) is 11.5 Å². The summed E-state index contributed by atoms with van der Waals surface area (Å²) in [5.74, 6) is -0.432. The van der Waals surface area contributed by atoms with Gasteiger partial charge in [0.2, 0.25) is 5.91 Å². The van der Waals surface area contributed by atoms with Crippen molar-refractivity contribution in [2.45, 2.75) is 6.04 Å². The molecule has 4 N–H and O–H groups in total. The van der Waals surface area contributed by atoms with Crippen molar-refractivity contribution < 1.29 is 4.79 Å². The van der Waals surface area contributed by atoms with Crippen LogP contribution in [0.5, 0.6) is 0 Å². The first-order valence-corrected chi connectivity index (χ1v) is 3.93. The zero-order valence-corrected chi connectivity index (χ0v) is 7.23. The van der Waals surface area contributed by atoms with E-state index >= 15 is 0 Å². The molecule has 1 aromatic rings. The quantitative estimate of drug-likeness (QED) is 0.674. The van der Waals surface area contributed by atoms with Gasteiger partial charge in [0, 0.05) is 11.6 Å². The van der Waals surface area contributed by atoms with E-state index in [0.29, 0.717) is 5.56 Å². The van der Waals surface area contributed by atoms with Gasteiger partial charge in [0.1, 0.15) is 0 Å². The van der Waals surface area contributed by atoms with E-state index in [0.717, 1.165) is 5.56 Å². The highest BCUT2D eigenvalue weighted by atomic mass is 16.1. The molecule has 0 heterocycles. The Morgan fingerprint density at radius 1 is 1.38 bits per heavy atom. The van der Waals surface area contributed by atoms with Crippen LogP contribution in [-0.4, -0.2) is 5.91 Å². The fourth-order valence-corrected chi connectivity index (χ4v) is 1.01. The molecule has 0 aromatic heterocycles. The van der Waals surface area contributed by atoms with E-state index in [4.69, 9.17) is 11.5 Å². The second-order valence-electron chi connectivity index (χ2n) is 2.75. The Kier molecular flexibility index (Phi) is 2.82. The summed E-state index contributed by atoms with van der Waals surface area (Å²) in [5.41, 5.74) is 12.2. The molecule has 1 amide bonds. The fraction of sp³-hybridized carbons (Fsp3) is 0.100. The van der Waals surface area contributed by atoms with Gasteiger partial charge in [-0.2, -0.15) is 0 Å². The number of amides is 1. The lowest BCUT2D eigenvalue weighted by Gasteiger charge is -2.05. The SMILES string of the molecule is C=C[C@@H](N)c1ccc(C(N)=O)cc1. The third kappa shape index (κ3) is 2.16. The van der Waals surface area contributed by atoms with Crippen molar-refractivity contribution in [1.29, 1.82) is 0 Å². The van der Waals surface area contributed by atoms with Gasteiger partial charge in [-0.3, -0.25) is 4.79 Å². The maximum atomic E-state index is 10.7. The van der Waals surface area contributed by atoms with Crippen LogP contribution in [0.25, 0.3) is 0 Å². The molecule has 0 unspecified atom stereocenters. The molecule has 3 heteroatoms. The maximum Gasteiger partial charge on any atom is 0.248 e. The first kappa shape index (κ1) is 9.48. The number of primary amides is 1. The van der Waals surface area contributed by atoms with Crippen LogP contribution in [0.3, 0.4) is 0 Å². The van der Waals surface area contributed by atoms with Crippen molar-refractivity contribution in [3.8, 4) is 0 Å². The Hall–Kier alpha value is -1.61. The van der Waals surface area contributed by atoms with E-state index in [-0.39, 0.29) is 6.04 Å². The molecule has 0 aliphatic heterocycles. The zero-order valence-electron chi connectivity index (χ0n) is 7.23. The molecular weight excluding hydrogens is 164 g/mol. The summed E-state index contributed by atoms with van der Waals surface area (Å²) in [7, 11) is 0. The number of hydrogen-bond acceptors (Lipinski definition) is 2. The van der Waals surface area contributed by atoms with E-state index in [1.165, 1.54) is 0 Å². The molecule has 0 radical (unpaired) electrons. The fourth-order valence-electron chi connectivity index (χ4n) is 1.01. The largest absolute Gasteiger partial charge is 0.366 e. The Morgan fingerprint density at radius 2 is 1.92 bits per heavy atom. The summed E-state index contributed by atoms with van der Waals surface area (Å²) >= 11 is 0. The summed E-state index contributed by atoms with van der Waals surface area (Å²) in [4.78, 5) is 10.7. The van der Waals surface area contributed by atoms with Crippen LogP contribution in [0.1, 0.15) is 22.0 Å². The van der Waals surface area contributed by atoms with Crippen LogP contribution >= 0.6 is 0 Å². The third-order valence-electron chi connectivity index (χ3n) is 1.83. The number of hydrogen-bond donors (Lipinski definition) is 2. The molecule has 1 rings (SSSR count). The van der Waals surface area contributed by atoms with Crippen LogP contribution in [-0.2, 0) is 0 Å². The number of carbonyl (C=O) groups is 1. The van der Waals surface area contributed by atoms with E-state index in [1.807, 2.05) is 0 Å². The summed E-state index contributed by atoms with van der Waals surface area (Å²) in [6.45, 7) is 3.58. The van der Waals surface area contributed by atoms with E-state index in [9.17, 15) is 4.79 Å². The molecule has 0 spiro atoms. The van der Waals surface area contributed by atoms with Crippen molar-refractivity contribution in [1.82, 2.24) is 0 Å². The number of carbonyl (C=O) groups excluding carboxylic acids is 1. The first-order valence-electron chi connectivity index (χ1n) is 3.93. The minimum Gasteiger partial charge on any atom is -0.366 e. The summed E-state index contributed by atoms with van der Waals surface area (Å²) < 4.78 is 0. The molecule has 68 valence electrons. The van der Waals surface area contributed by atoms with Gasteiger partial charge >= 0.3 is 0 Å². The molecule has 1 aromatic carbocycles. The minimum atomic E-state index is -0.432. The van der Waals surface area contributed by atoms with Gasteiger partial charge in [-0.1, -0.05) is 18.2 Å². The normalized spacial score (nSPS) is 12.1. The van der Waals surface area contributed by atoms with Gasteiger partial charge in [-0.15, -0.1) is 6.58 Å². The van der Waals surface area contributed by atoms with Crippen molar-refractivity contribution in [2.75, 3.05) is 0 Å². The predicted molar refractivity (Wildman–Crippen MR) is 52.1 cm³/mol. The third-order valence-corrected chi connectivity index (χ3v) is 1.83. The lowest BCUT2D eigenvalue weighted by Crippen LogP contribution is -2.11. The Bertz CT molecular complexity index is 316. The van der Waals surface area contributed by atoms with Gasteiger partial charge in [-0.05, 0) is 17.7 Å². The highest BCUT2D eigenvalue weighted by molar-refractivity contribution is 5.92. The second kappa shape index (κ2) is 3.87. The van der Waals surface area contributed by atoms with Gasteiger partial charge in [0.05, 0.1) is 0 Å². The lowest BCUT2D eigenvalue weighted by molar-refractivity contribution is 0.100. The average molecular weight is 176 g/mol. The molecule has 0 aliphatic rings. The summed E-state index contributed by atoms with van der Waals surface area (Å²) in [6.07, 6.45) is 1.64.